The van der Waals surface area contributed by atoms with Crippen molar-refractivity contribution in [1.29, 1.82) is 0 Å². The van der Waals surface area contributed by atoms with Crippen molar-refractivity contribution in [3.05, 3.63) is 0 Å². The van der Waals surface area contributed by atoms with Crippen LogP contribution in [0.15, 0.2) is 0 Å². The number of piperazine rings is 1. The van der Waals surface area contributed by atoms with E-state index in [1.54, 1.807) is 0 Å². The van der Waals surface area contributed by atoms with E-state index in [1.165, 1.54) is 26.2 Å². The van der Waals surface area contributed by atoms with E-state index in [1.807, 2.05) is 6.92 Å². The number of urea groups is 1. The maximum Gasteiger partial charge on any atom is 0.314 e. The van der Waals surface area contributed by atoms with E-state index >= 15 is 0 Å². The molecule has 1 heterocycles. The van der Waals surface area contributed by atoms with Crippen molar-refractivity contribution >= 4 is 6.03 Å². The van der Waals surface area contributed by atoms with Crippen LogP contribution in [-0.2, 0) is 4.74 Å². The third-order valence-corrected chi connectivity index (χ3v) is 3.74. The first-order chi connectivity index (χ1) is 10.2. The third-order valence-electron chi connectivity index (χ3n) is 3.74. The number of carbonyl (C=O) groups is 1. The molecule has 0 radical (unpaired) electrons. The van der Waals surface area contributed by atoms with Gasteiger partial charge in [-0.05, 0) is 39.8 Å². The Bertz CT molecular complexity index is 268. The minimum absolute atomic E-state index is 0.0638. The highest BCUT2D eigenvalue weighted by Crippen LogP contribution is 2.01. The molecule has 1 rings (SSSR count). The standard InChI is InChI=1S/C15H32N4O2/c1-3-21-14-6-8-17-15(20)16-7-4-5-9-19-12-10-18(2)11-13-19/h3-14H2,1-2H3,(H2,16,17,20). The summed E-state index contributed by atoms with van der Waals surface area (Å²) < 4.78 is 5.21. The molecule has 0 atom stereocenters. The first-order valence-corrected chi connectivity index (χ1v) is 8.22. The summed E-state index contributed by atoms with van der Waals surface area (Å²) in [6.45, 7) is 10.7. The fraction of sp³-hybridized carbons (Fsp3) is 0.933. The minimum Gasteiger partial charge on any atom is -0.382 e. The third kappa shape index (κ3) is 9.66. The van der Waals surface area contributed by atoms with Crippen LogP contribution in [0.5, 0.6) is 0 Å². The molecular weight excluding hydrogens is 268 g/mol. The highest BCUT2D eigenvalue weighted by Gasteiger charge is 2.12. The molecule has 0 aromatic heterocycles. The van der Waals surface area contributed by atoms with E-state index in [0.29, 0.717) is 13.2 Å². The van der Waals surface area contributed by atoms with Gasteiger partial charge in [-0.15, -0.1) is 0 Å². The van der Waals surface area contributed by atoms with Gasteiger partial charge in [0.15, 0.2) is 0 Å². The van der Waals surface area contributed by atoms with Crippen molar-refractivity contribution in [3.8, 4) is 0 Å². The van der Waals surface area contributed by atoms with E-state index in [2.05, 4.69) is 27.5 Å². The van der Waals surface area contributed by atoms with Gasteiger partial charge in [0.05, 0.1) is 0 Å². The number of amides is 2. The number of likely N-dealkylation sites (N-methyl/N-ethyl adjacent to an activating group) is 1. The molecule has 21 heavy (non-hydrogen) atoms. The predicted octanol–water partition coefficient (Wildman–Crippen LogP) is 0.740. The molecule has 1 aliphatic rings. The molecule has 0 spiro atoms. The largest absolute Gasteiger partial charge is 0.382 e. The second-order valence-electron chi connectivity index (χ2n) is 5.59. The van der Waals surface area contributed by atoms with Gasteiger partial charge in [0, 0.05) is 52.5 Å². The van der Waals surface area contributed by atoms with Gasteiger partial charge in [-0.1, -0.05) is 0 Å². The summed E-state index contributed by atoms with van der Waals surface area (Å²) in [7, 11) is 2.17. The van der Waals surface area contributed by atoms with Crippen molar-refractivity contribution in [1.82, 2.24) is 20.4 Å². The molecule has 2 N–H and O–H groups in total. The normalized spacial score (nSPS) is 16.9. The van der Waals surface area contributed by atoms with Crippen LogP contribution in [-0.4, -0.2) is 81.9 Å². The lowest BCUT2D eigenvalue weighted by Gasteiger charge is -2.32. The van der Waals surface area contributed by atoms with Crippen LogP contribution in [0.2, 0.25) is 0 Å². The first kappa shape index (κ1) is 18.2. The highest BCUT2D eigenvalue weighted by atomic mass is 16.5. The van der Waals surface area contributed by atoms with E-state index in [-0.39, 0.29) is 6.03 Å². The van der Waals surface area contributed by atoms with Gasteiger partial charge in [0.25, 0.3) is 0 Å². The molecule has 0 unspecified atom stereocenters. The second kappa shape index (κ2) is 11.8. The lowest BCUT2D eigenvalue weighted by molar-refractivity contribution is 0.145. The summed E-state index contributed by atoms with van der Waals surface area (Å²) in [5, 5.41) is 5.74. The Labute approximate surface area is 129 Å². The van der Waals surface area contributed by atoms with Gasteiger partial charge < -0.3 is 25.2 Å². The SMILES string of the molecule is CCOCCCNC(=O)NCCCCN1CCN(C)CC1. The number of hydrogen-bond donors (Lipinski definition) is 2. The lowest BCUT2D eigenvalue weighted by atomic mass is 10.2. The van der Waals surface area contributed by atoms with Gasteiger partial charge in [-0.25, -0.2) is 4.79 Å². The summed E-state index contributed by atoms with van der Waals surface area (Å²) in [6.07, 6.45) is 3.05. The van der Waals surface area contributed by atoms with Crippen LogP contribution in [0.25, 0.3) is 0 Å². The Hall–Kier alpha value is -0.850. The Morgan fingerprint density at radius 1 is 1.05 bits per heavy atom. The van der Waals surface area contributed by atoms with Crippen LogP contribution in [0.3, 0.4) is 0 Å². The number of nitrogens with zero attached hydrogens (tertiary/aromatic N) is 2. The van der Waals surface area contributed by atoms with Crippen molar-refractivity contribution < 1.29 is 9.53 Å². The zero-order chi connectivity index (χ0) is 15.3. The van der Waals surface area contributed by atoms with Crippen molar-refractivity contribution in [2.24, 2.45) is 0 Å². The number of nitrogens with one attached hydrogen (secondary N) is 2. The average Bonchev–Trinajstić information content (AvgIpc) is 2.48. The fourth-order valence-corrected chi connectivity index (χ4v) is 2.32. The Morgan fingerprint density at radius 3 is 2.38 bits per heavy atom. The summed E-state index contributed by atoms with van der Waals surface area (Å²) in [5.74, 6) is 0. The van der Waals surface area contributed by atoms with Gasteiger partial charge >= 0.3 is 6.03 Å². The first-order valence-electron chi connectivity index (χ1n) is 8.22. The Balaban J connectivity index is 1.86. The van der Waals surface area contributed by atoms with Crippen molar-refractivity contribution in [2.75, 3.05) is 66.1 Å². The molecular formula is C15H32N4O2. The second-order valence-corrected chi connectivity index (χ2v) is 5.59. The van der Waals surface area contributed by atoms with E-state index in [9.17, 15) is 4.79 Å². The molecule has 2 amide bonds. The van der Waals surface area contributed by atoms with Crippen LogP contribution in [0.1, 0.15) is 26.2 Å². The molecule has 0 aromatic rings. The van der Waals surface area contributed by atoms with Crippen LogP contribution >= 0.6 is 0 Å². The predicted molar refractivity (Wildman–Crippen MR) is 85.7 cm³/mol. The van der Waals surface area contributed by atoms with Gasteiger partial charge in [0.2, 0.25) is 0 Å². The van der Waals surface area contributed by atoms with Crippen LogP contribution in [0.4, 0.5) is 4.79 Å². The van der Waals surface area contributed by atoms with Crippen LogP contribution in [0, 0.1) is 0 Å². The molecule has 0 saturated carbocycles. The number of unbranched alkanes of at least 4 members (excludes halogenated alkanes) is 1. The molecule has 1 aliphatic heterocycles. The van der Waals surface area contributed by atoms with E-state index in [4.69, 9.17) is 4.74 Å². The van der Waals surface area contributed by atoms with Gasteiger partial charge in [-0.2, -0.15) is 0 Å². The minimum atomic E-state index is -0.0638. The summed E-state index contributed by atoms with van der Waals surface area (Å²) in [6, 6.07) is -0.0638. The quantitative estimate of drug-likeness (QED) is 0.584. The number of hydrogen-bond acceptors (Lipinski definition) is 4. The molecule has 0 bridgehead atoms. The van der Waals surface area contributed by atoms with Crippen molar-refractivity contribution in [2.45, 2.75) is 26.2 Å². The molecule has 124 valence electrons. The molecule has 6 heteroatoms. The fourth-order valence-electron chi connectivity index (χ4n) is 2.32. The Kier molecular flexibility index (Phi) is 10.2. The maximum absolute atomic E-state index is 11.5. The van der Waals surface area contributed by atoms with E-state index < -0.39 is 0 Å². The number of rotatable bonds is 10. The molecule has 6 nitrogen and oxygen atoms in total. The molecule has 0 aliphatic carbocycles. The molecule has 0 aromatic carbocycles. The molecule has 1 fully saturated rings. The van der Waals surface area contributed by atoms with E-state index in [0.717, 1.165) is 39.0 Å². The zero-order valence-electron chi connectivity index (χ0n) is 13.7. The van der Waals surface area contributed by atoms with Gasteiger partial charge in [-0.3, -0.25) is 0 Å². The summed E-state index contributed by atoms with van der Waals surface area (Å²) >= 11 is 0. The maximum atomic E-state index is 11.5. The summed E-state index contributed by atoms with van der Waals surface area (Å²) in [5.41, 5.74) is 0. The average molecular weight is 300 g/mol. The zero-order valence-corrected chi connectivity index (χ0v) is 13.7. The van der Waals surface area contributed by atoms with Gasteiger partial charge in [0.1, 0.15) is 0 Å². The monoisotopic (exact) mass is 300 g/mol. The topological polar surface area (TPSA) is 56.8 Å². The van der Waals surface area contributed by atoms with Crippen LogP contribution < -0.4 is 10.6 Å². The lowest BCUT2D eigenvalue weighted by Crippen LogP contribution is -2.44. The van der Waals surface area contributed by atoms with Crippen molar-refractivity contribution in [3.63, 3.8) is 0 Å². The highest BCUT2D eigenvalue weighted by molar-refractivity contribution is 5.73. The number of carbonyl (C=O) groups excluding carboxylic acids is 1. The molecule has 1 saturated heterocycles. The smallest absolute Gasteiger partial charge is 0.314 e. The summed E-state index contributed by atoms with van der Waals surface area (Å²) in [4.78, 5) is 16.4. The Morgan fingerprint density at radius 2 is 1.71 bits per heavy atom. The number of ether oxygens (including phenoxy) is 1.